The first-order valence-electron chi connectivity index (χ1n) is 10.1. The Kier molecular flexibility index (Phi) is 14.3. The molecule has 6 nitrogen and oxygen atoms in total. The van der Waals surface area contributed by atoms with Crippen molar-refractivity contribution in [2.45, 2.75) is 38.3 Å². The van der Waals surface area contributed by atoms with Crippen LogP contribution in [0.5, 0.6) is 0 Å². The van der Waals surface area contributed by atoms with Crippen molar-refractivity contribution in [3.05, 3.63) is 35.9 Å². The van der Waals surface area contributed by atoms with Crippen LogP contribution < -0.4 is 10.6 Å². The number of hydrogen-bond donors (Lipinski definition) is 2. The molecule has 1 heterocycles. The lowest BCUT2D eigenvalue weighted by atomic mass is 10.0. The number of nitrogens with zero attached hydrogens (tertiary/aromatic N) is 2. The zero-order valence-electron chi connectivity index (χ0n) is 17.4. The molecule has 0 saturated carbocycles. The highest BCUT2D eigenvalue weighted by molar-refractivity contribution is 14.0. The Morgan fingerprint density at radius 1 is 1.14 bits per heavy atom. The van der Waals surface area contributed by atoms with E-state index in [4.69, 9.17) is 9.47 Å². The summed E-state index contributed by atoms with van der Waals surface area (Å²) in [5.41, 5.74) is 1.39. The molecular weight excluding hydrogens is 467 g/mol. The van der Waals surface area contributed by atoms with Crippen LogP contribution in [0.3, 0.4) is 0 Å². The Hall–Kier alpha value is -0.900. The van der Waals surface area contributed by atoms with E-state index in [9.17, 15) is 0 Å². The highest BCUT2D eigenvalue weighted by atomic mass is 127. The fourth-order valence-electron chi connectivity index (χ4n) is 3.38. The normalized spacial score (nSPS) is 17.8. The van der Waals surface area contributed by atoms with Gasteiger partial charge in [0.2, 0.25) is 0 Å². The van der Waals surface area contributed by atoms with Crippen LogP contribution >= 0.6 is 24.0 Å². The summed E-state index contributed by atoms with van der Waals surface area (Å²) in [6.45, 7) is 6.02. The second-order valence-corrected chi connectivity index (χ2v) is 6.94. The molecule has 2 rings (SSSR count). The first kappa shape index (κ1) is 25.1. The van der Waals surface area contributed by atoms with Crippen molar-refractivity contribution in [3.63, 3.8) is 0 Å². The van der Waals surface area contributed by atoms with Gasteiger partial charge in [0.05, 0.1) is 13.2 Å². The fraction of sp³-hybridized carbons (Fsp3) is 0.667. The van der Waals surface area contributed by atoms with Crippen molar-refractivity contribution in [2.75, 3.05) is 53.6 Å². The van der Waals surface area contributed by atoms with Crippen molar-refractivity contribution in [1.29, 1.82) is 0 Å². The molecule has 0 amide bonds. The zero-order valence-corrected chi connectivity index (χ0v) is 19.7. The van der Waals surface area contributed by atoms with Crippen LogP contribution in [0.4, 0.5) is 0 Å². The van der Waals surface area contributed by atoms with Crippen LogP contribution in [0.1, 0.15) is 31.2 Å². The maximum atomic E-state index is 5.48. The monoisotopic (exact) mass is 504 g/mol. The predicted octanol–water partition coefficient (Wildman–Crippen LogP) is 2.88. The number of nitrogens with one attached hydrogen (secondary N) is 2. The largest absolute Gasteiger partial charge is 0.382 e. The number of likely N-dealkylation sites (tertiary alicyclic amines) is 1. The standard InChI is InChI=1S/C21H36N4O2.HI/c1-22-21(23-12-8-14-27-16-15-26-2)24-17-20-11-6-7-13-25(20)18-19-9-4-3-5-10-19;/h3-5,9-10,20H,6-8,11-18H2,1-2H3,(H2,22,23,24);1H. The highest BCUT2D eigenvalue weighted by Crippen LogP contribution is 2.19. The number of methoxy groups -OCH3 is 1. The second-order valence-electron chi connectivity index (χ2n) is 6.94. The Morgan fingerprint density at radius 3 is 2.71 bits per heavy atom. The lowest BCUT2D eigenvalue weighted by molar-refractivity contribution is 0.0698. The highest BCUT2D eigenvalue weighted by Gasteiger charge is 2.22. The van der Waals surface area contributed by atoms with Crippen molar-refractivity contribution in [1.82, 2.24) is 15.5 Å². The first-order chi connectivity index (χ1) is 13.3. The van der Waals surface area contributed by atoms with Gasteiger partial charge in [-0.05, 0) is 31.4 Å². The molecule has 160 valence electrons. The Balaban J connectivity index is 0.00000392. The summed E-state index contributed by atoms with van der Waals surface area (Å²) < 4.78 is 10.4. The first-order valence-corrected chi connectivity index (χ1v) is 10.1. The zero-order chi connectivity index (χ0) is 19.2. The number of benzene rings is 1. The average molecular weight is 504 g/mol. The van der Waals surface area contributed by atoms with Gasteiger partial charge in [-0.3, -0.25) is 9.89 Å². The molecule has 2 N–H and O–H groups in total. The Morgan fingerprint density at radius 2 is 1.96 bits per heavy atom. The number of rotatable bonds is 11. The van der Waals surface area contributed by atoms with Gasteiger partial charge in [0.15, 0.2) is 5.96 Å². The molecule has 1 aliphatic heterocycles. The van der Waals surface area contributed by atoms with E-state index in [0.717, 1.165) is 38.6 Å². The number of halogens is 1. The molecular formula is C21H37IN4O2. The van der Waals surface area contributed by atoms with E-state index in [0.29, 0.717) is 19.3 Å². The average Bonchev–Trinajstić information content (AvgIpc) is 2.71. The van der Waals surface area contributed by atoms with Crippen molar-refractivity contribution >= 4 is 29.9 Å². The van der Waals surface area contributed by atoms with E-state index in [1.807, 2.05) is 7.05 Å². The van der Waals surface area contributed by atoms with Gasteiger partial charge in [-0.1, -0.05) is 36.8 Å². The van der Waals surface area contributed by atoms with Gasteiger partial charge in [-0.2, -0.15) is 0 Å². The van der Waals surface area contributed by atoms with Crippen LogP contribution in [-0.4, -0.2) is 70.5 Å². The van der Waals surface area contributed by atoms with Crippen LogP contribution in [0.2, 0.25) is 0 Å². The number of piperidine rings is 1. The minimum Gasteiger partial charge on any atom is -0.382 e. The lowest BCUT2D eigenvalue weighted by Crippen LogP contribution is -2.49. The van der Waals surface area contributed by atoms with Crippen LogP contribution in [-0.2, 0) is 16.0 Å². The number of aliphatic imine (C=N–C) groups is 1. The summed E-state index contributed by atoms with van der Waals surface area (Å²) in [7, 11) is 3.51. The van der Waals surface area contributed by atoms with E-state index in [2.05, 4.69) is 50.9 Å². The van der Waals surface area contributed by atoms with Crippen LogP contribution in [0.15, 0.2) is 35.3 Å². The third kappa shape index (κ3) is 10.0. The van der Waals surface area contributed by atoms with Crippen LogP contribution in [0, 0.1) is 0 Å². The topological polar surface area (TPSA) is 58.1 Å². The predicted molar refractivity (Wildman–Crippen MR) is 127 cm³/mol. The van der Waals surface area contributed by atoms with Gasteiger partial charge in [-0.15, -0.1) is 24.0 Å². The van der Waals surface area contributed by atoms with Crippen molar-refractivity contribution < 1.29 is 9.47 Å². The van der Waals surface area contributed by atoms with Gasteiger partial charge in [0.1, 0.15) is 0 Å². The summed E-state index contributed by atoms with van der Waals surface area (Å²) in [5.74, 6) is 0.872. The summed E-state index contributed by atoms with van der Waals surface area (Å²) in [6.07, 6.45) is 4.79. The van der Waals surface area contributed by atoms with E-state index < -0.39 is 0 Å². The maximum Gasteiger partial charge on any atom is 0.191 e. The van der Waals surface area contributed by atoms with E-state index in [1.165, 1.54) is 31.4 Å². The summed E-state index contributed by atoms with van der Waals surface area (Å²) >= 11 is 0. The molecule has 0 spiro atoms. The number of guanidine groups is 1. The van der Waals surface area contributed by atoms with E-state index >= 15 is 0 Å². The molecule has 1 aliphatic rings. The maximum absolute atomic E-state index is 5.48. The van der Waals surface area contributed by atoms with Gasteiger partial charge in [0, 0.05) is 46.4 Å². The Labute approximate surface area is 187 Å². The smallest absolute Gasteiger partial charge is 0.191 e. The number of hydrogen-bond acceptors (Lipinski definition) is 4. The molecule has 1 aromatic rings. The minimum absolute atomic E-state index is 0. The van der Waals surface area contributed by atoms with Gasteiger partial charge in [0.25, 0.3) is 0 Å². The third-order valence-corrected chi connectivity index (χ3v) is 4.90. The number of ether oxygens (including phenoxy) is 2. The third-order valence-electron chi connectivity index (χ3n) is 4.90. The van der Waals surface area contributed by atoms with E-state index in [-0.39, 0.29) is 24.0 Å². The fourth-order valence-corrected chi connectivity index (χ4v) is 3.38. The second kappa shape index (κ2) is 16.0. The van der Waals surface area contributed by atoms with Crippen molar-refractivity contribution in [2.24, 2.45) is 4.99 Å². The molecule has 0 aliphatic carbocycles. The molecule has 0 aromatic heterocycles. The molecule has 1 saturated heterocycles. The van der Waals surface area contributed by atoms with Crippen LogP contribution in [0.25, 0.3) is 0 Å². The van der Waals surface area contributed by atoms with E-state index in [1.54, 1.807) is 7.11 Å². The molecule has 1 unspecified atom stereocenters. The van der Waals surface area contributed by atoms with Crippen molar-refractivity contribution in [3.8, 4) is 0 Å². The van der Waals surface area contributed by atoms with Gasteiger partial charge < -0.3 is 20.1 Å². The summed E-state index contributed by atoms with van der Waals surface area (Å²) in [6, 6.07) is 11.3. The Bertz CT molecular complexity index is 530. The van der Waals surface area contributed by atoms with Gasteiger partial charge in [-0.25, -0.2) is 0 Å². The molecule has 0 bridgehead atoms. The molecule has 28 heavy (non-hydrogen) atoms. The quantitative estimate of drug-likeness (QED) is 0.210. The SMILES string of the molecule is CN=C(NCCCOCCOC)NCC1CCCCN1Cc1ccccc1.I. The summed E-state index contributed by atoms with van der Waals surface area (Å²) in [5, 5.41) is 6.88. The molecule has 1 aromatic carbocycles. The molecule has 1 fully saturated rings. The minimum atomic E-state index is 0. The van der Waals surface area contributed by atoms with Gasteiger partial charge >= 0.3 is 0 Å². The lowest BCUT2D eigenvalue weighted by Gasteiger charge is -2.36. The summed E-state index contributed by atoms with van der Waals surface area (Å²) in [4.78, 5) is 6.94. The molecule has 0 radical (unpaired) electrons. The molecule has 7 heteroatoms. The molecule has 1 atom stereocenters.